The molecule has 0 N–H and O–H groups in total. The number of hydrogen-bond acceptors (Lipinski definition) is 4. The highest BCUT2D eigenvalue weighted by atomic mass is 35.5. The highest BCUT2D eigenvalue weighted by Gasteiger charge is 2.13. The molecule has 0 saturated heterocycles. The number of carbonyl (C=O) groups is 1. The van der Waals surface area contributed by atoms with Crippen molar-refractivity contribution in [3.63, 3.8) is 0 Å². The lowest BCUT2D eigenvalue weighted by Crippen LogP contribution is -1.96. The van der Waals surface area contributed by atoms with E-state index in [-0.39, 0.29) is 0 Å². The fourth-order valence-corrected chi connectivity index (χ4v) is 2.64. The van der Waals surface area contributed by atoms with E-state index in [9.17, 15) is 4.79 Å². The molecule has 23 heavy (non-hydrogen) atoms. The molecule has 0 amide bonds. The first-order chi connectivity index (χ1) is 11.1. The predicted octanol–water partition coefficient (Wildman–Crippen LogP) is 4.30. The normalized spacial score (nSPS) is 10.6. The van der Waals surface area contributed by atoms with E-state index >= 15 is 0 Å². The molecule has 1 aromatic heterocycles. The summed E-state index contributed by atoms with van der Waals surface area (Å²) in [5.41, 5.74) is 2.60. The maximum Gasteiger partial charge on any atom is 0.253 e. The Balaban J connectivity index is 2.22. The van der Waals surface area contributed by atoms with Crippen LogP contribution in [0.25, 0.3) is 22.2 Å². The molecule has 1 heterocycles. The number of aromatic nitrogens is 1. The standard InChI is InChI=1S/C18H14ClNO3/c1-22-16-8-7-11(9-17(16)23-2)15-10-13(18(19)21)12-5-3-4-6-14(12)20-15/h3-10H,1-2H3. The van der Waals surface area contributed by atoms with Crippen LogP contribution in [-0.4, -0.2) is 24.4 Å². The van der Waals surface area contributed by atoms with E-state index in [2.05, 4.69) is 4.98 Å². The van der Waals surface area contributed by atoms with E-state index in [4.69, 9.17) is 21.1 Å². The summed E-state index contributed by atoms with van der Waals surface area (Å²) < 4.78 is 10.6. The molecule has 0 saturated carbocycles. The molecule has 2 aromatic carbocycles. The van der Waals surface area contributed by atoms with Crippen molar-refractivity contribution in [1.82, 2.24) is 4.98 Å². The lowest BCUT2D eigenvalue weighted by atomic mass is 10.0. The quantitative estimate of drug-likeness (QED) is 0.670. The van der Waals surface area contributed by atoms with E-state index in [0.717, 1.165) is 10.9 Å². The van der Waals surface area contributed by atoms with Gasteiger partial charge in [0.15, 0.2) is 11.5 Å². The second-order valence-electron chi connectivity index (χ2n) is 4.92. The predicted molar refractivity (Wildman–Crippen MR) is 90.5 cm³/mol. The highest BCUT2D eigenvalue weighted by molar-refractivity contribution is 6.68. The molecule has 0 atom stereocenters. The van der Waals surface area contributed by atoms with Crippen LogP contribution >= 0.6 is 11.6 Å². The van der Waals surface area contributed by atoms with Crippen LogP contribution in [0.15, 0.2) is 48.5 Å². The maximum absolute atomic E-state index is 11.8. The lowest BCUT2D eigenvalue weighted by molar-refractivity contribution is 0.108. The van der Waals surface area contributed by atoms with Crippen LogP contribution in [0.5, 0.6) is 11.5 Å². The fraction of sp³-hybridized carbons (Fsp3) is 0.111. The summed E-state index contributed by atoms with van der Waals surface area (Å²) in [6.07, 6.45) is 0. The summed E-state index contributed by atoms with van der Waals surface area (Å²) in [4.78, 5) is 16.4. The Hall–Kier alpha value is -2.59. The van der Waals surface area contributed by atoms with Gasteiger partial charge in [0, 0.05) is 16.5 Å². The Morgan fingerprint density at radius 1 is 1.00 bits per heavy atom. The SMILES string of the molecule is COc1ccc(-c2cc(C(=O)Cl)c3ccccc3n2)cc1OC. The zero-order valence-electron chi connectivity index (χ0n) is 12.7. The molecule has 0 aliphatic carbocycles. The number of halogens is 1. The second-order valence-corrected chi connectivity index (χ2v) is 5.26. The van der Waals surface area contributed by atoms with Crippen LogP contribution in [0.1, 0.15) is 10.4 Å². The van der Waals surface area contributed by atoms with Gasteiger partial charge in [-0.15, -0.1) is 0 Å². The molecule has 0 spiro atoms. The van der Waals surface area contributed by atoms with E-state index in [1.165, 1.54) is 0 Å². The van der Waals surface area contributed by atoms with Gasteiger partial charge in [-0.3, -0.25) is 4.79 Å². The fourth-order valence-electron chi connectivity index (χ4n) is 2.48. The van der Waals surface area contributed by atoms with E-state index < -0.39 is 5.24 Å². The maximum atomic E-state index is 11.8. The Bertz CT molecular complexity index is 893. The first kappa shape index (κ1) is 15.3. The van der Waals surface area contributed by atoms with Crippen LogP contribution < -0.4 is 9.47 Å². The van der Waals surface area contributed by atoms with Crippen molar-refractivity contribution in [1.29, 1.82) is 0 Å². The minimum atomic E-state index is -0.509. The summed E-state index contributed by atoms with van der Waals surface area (Å²) in [6, 6.07) is 14.6. The van der Waals surface area contributed by atoms with Crippen molar-refractivity contribution in [2.45, 2.75) is 0 Å². The number of rotatable bonds is 4. The van der Waals surface area contributed by atoms with Gasteiger partial charge in [0.1, 0.15) is 0 Å². The van der Waals surface area contributed by atoms with Gasteiger partial charge in [-0.05, 0) is 41.9 Å². The molecular weight excluding hydrogens is 314 g/mol. The van der Waals surface area contributed by atoms with Crippen LogP contribution in [0.4, 0.5) is 0 Å². The van der Waals surface area contributed by atoms with Gasteiger partial charge in [0.25, 0.3) is 5.24 Å². The van der Waals surface area contributed by atoms with Gasteiger partial charge in [-0.25, -0.2) is 4.98 Å². The summed E-state index contributed by atoms with van der Waals surface area (Å²) in [7, 11) is 3.15. The number of ether oxygens (including phenoxy) is 2. The summed E-state index contributed by atoms with van der Waals surface area (Å²) in [5, 5.41) is 0.224. The van der Waals surface area contributed by atoms with E-state index in [1.54, 1.807) is 26.4 Å². The van der Waals surface area contributed by atoms with Crippen LogP contribution in [-0.2, 0) is 0 Å². The number of fused-ring (bicyclic) bond motifs is 1. The molecule has 3 aromatic rings. The summed E-state index contributed by atoms with van der Waals surface area (Å²) in [6.45, 7) is 0. The summed E-state index contributed by atoms with van der Waals surface area (Å²) >= 11 is 5.74. The third-order valence-corrected chi connectivity index (χ3v) is 3.81. The number of hydrogen-bond donors (Lipinski definition) is 0. The number of carbonyl (C=O) groups excluding carboxylic acids is 1. The van der Waals surface area contributed by atoms with Gasteiger partial charge in [0.2, 0.25) is 0 Å². The van der Waals surface area contributed by atoms with Gasteiger partial charge < -0.3 is 9.47 Å². The zero-order chi connectivity index (χ0) is 16.4. The lowest BCUT2D eigenvalue weighted by Gasteiger charge is -2.11. The van der Waals surface area contributed by atoms with Gasteiger partial charge in [-0.2, -0.15) is 0 Å². The molecule has 0 unspecified atom stereocenters. The topological polar surface area (TPSA) is 48.4 Å². The second kappa shape index (κ2) is 6.26. The average molecular weight is 328 g/mol. The van der Waals surface area contributed by atoms with Crippen molar-refractivity contribution in [2.24, 2.45) is 0 Å². The minimum absolute atomic E-state index is 0.432. The number of para-hydroxylation sites is 1. The van der Waals surface area contributed by atoms with Gasteiger partial charge in [-0.1, -0.05) is 18.2 Å². The van der Waals surface area contributed by atoms with Crippen molar-refractivity contribution >= 4 is 27.7 Å². The van der Waals surface area contributed by atoms with E-state index in [0.29, 0.717) is 28.3 Å². The Morgan fingerprint density at radius 2 is 1.74 bits per heavy atom. The molecule has 0 fully saturated rings. The number of benzene rings is 2. The zero-order valence-corrected chi connectivity index (χ0v) is 13.4. The molecule has 5 heteroatoms. The van der Waals surface area contributed by atoms with Crippen LogP contribution in [0.2, 0.25) is 0 Å². The van der Waals surface area contributed by atoms with Crippen LogP contribution in [0, 0.1) is 0 Å². The van der Waals surface area contributed by atoms with Gasteiger partial charge in [0.05, 0.1) is 25.4 Å². The molecule has 116 valence electrons. The number of methoxy groups -OCH3 is 2. The summed E-state index contributed by atoms with van der Waals surface area (Å²) in [5.74, 6) is 1.23. The average Bonchev–Trinajstić information content (AvgIpc) is 2.59. The van der Waals surface area contributed by atoms with Crippen LogP contribution in [0.3, 0.4) is 0 Å². The number of pyridine rings is 1. The molecule has 3 rings (SSSR count). The minimum Gasteiger partial charge on any atom is -0.493 e. The van der Waals surface area contributed by atoms with Gasteiger partial charge >= 0.3 is 0 Å². The van der Waals surface area contributed by atoms with E-state index in [1.807, 2.05) is 36.4 Å². The Morgan fingerprint density at radius 3 is 2.43 bits per heavy atom. The van der Waals surface area contributed by atoms with Crippen molar-refractivity contribution in [3.8, 4) is 22.8 Å². The molecule has 0 bridgehead atoms. The Labute approximate surface area is 138 Å². The largest absolute Gasteiger partial charge is 0.493 e. The van der Waals surface area contributed by atoms with Crippen molar-refractivity contribution in [2.75, 3.05) is 14.2 Å². The van der Waals surface area contributed by atoms with Crippen molar-refractivity contribution in [3.05, 3.63) is 54.1 Å². The molecule has 0 aliphatic heterocycles. The first-order valence-corrected chi connectivity index (χ1v) is 7.34. The monoisotopic (exact) mass is 327 g/mol. The third-order valence-electron chi connectivity index (χ3n) is 3.61. The third kappa shape index (κ3) is 2.85. The molecule has 0 radical (unpaired) electrons. The molecule has 4 nitrogen and oxygen atoms in total. The smallest absolute Gasteiger partial charge is 0.253 e. The van der Waals surface area contributed by atoms with Crippen molar-refractivity contribution < 1.29 is 14.3 Å². The number of nitrogens with zero attached hydrogens (tertiary/aromatic N) is 1. The molecular formula is C18H14ClNO3. The highest BCUT2D eigenvalue weighted by Crippen LogP contribution is 2.33. The molecule has 0 aliphatic rings. The Kier molecular flexibility index (Phi) is 4.17. The first-order valence-electron chi connectivity index (χ1n) is 6.96.